The molecule has 0 bridgehead atoms. The van der Waals surface area contributed by atoms with Gasteiger partial charge in [0.2, 0.25) is 5.91 Å². The van der Waals surface area contributed by atoms with Gasteiger partial charge in [-0.15, -0.1) is 0 Å². The van der Waals surface area contributed by atoms with E-state index in [1.54, 1.807) is 0 Å². The van der Waals surface area contributed by atoms with E-state index in [9.17, 15) is 4.79 Å². The molecule has 0 aliphatic carbocycles. The number of carbonyl (C=O) groups is 1. The third kappa shape index (κ3) is 8.48. The van der Waals surface area contributed by atoms with Crippen LogP contribution < -0.4 is 10.6 Å². The number of carbonyl (C=O) groups excluding carboxylic acids is 1. The van der Waals surface area contributed by atoms with Gasteiger partial charge in [0.25, 0.3) is 0 Å². The molecule has 0 aromatic rings. The average molecular weight is 258 g/mol. The molecule has 0 radical (unpaired) electrons. The van der Waals surface area contributed by atoms with Crippen molar-refractivity contribution in [3.63, 3.8) is 0 Å². The first kappa shape index (κ1) is 17.4. The minimum Gasteiger partial charge on any atom is -0.396 e. The minimum atomic E-state index is -0.185. The topological polar surface area (TPSA) is 61.4 Å². The number of nitrogens with one attached hydrogen (secondary N) is 2. The van der Waals surface area contributed by atoms with Crippen LogP contribution in [0.25, 0.3) is 0 Å². The van der Waals surface area contributed by atoms with Crippen LogP contribution in [0.5, 0.6) is 0 Å². The summed E-state index contributed by atoms with van der Waals surface area (Å²) in [6.45, 7) is 12.0. The summed E-state index contributed by atoms with van der Waals surface area (Å²) >= 11 is 0. The molecule has 0 spiro atoms. The minimum absolute atomic E-state index is 0.0151. The van der Waals surface area contributed by atoms with Crippen LogP contribution in [-0.2, 0) is 4.79 Å². The van der Waals surface area contributed by atoms with Gasteiger partial charge in [-0.1, -0.05) is 27.7 Å². The molecule has 108 valence electrons. The van der Waals surface area contributed by atoms with Gasteiger partial charge in [0, 0.05) is 19.7 Å². The Balaban J connectivity index is 3.87. The Morgan fingerprint density at radius 2 is 1.89 bits per heavy atom. The predicted molar refractivity (Wildman–Crippen MR) is 75.4 cm³/mol. The van der Waals surface area contributed by atoms with E-state index in [2.05, 4.69) is 38.3 Å². The van der Waals surface area contributed by atoms with Crippen LogP contribution in [0, 0.1) is 11.3 Å². The van der Waals surface area contributed by atoms with Gasteiger partial charge in [0.05, 0.1) is 6.04 Å². The molecule has 0 saturated heterocycles. The SMILES string of the molecule is CC(C)CCNC(=O)C(C)NCC(C)(C)CCO. The van der Waals surface area contributed by atoms with Crippen LogP contribution in [0.4, 0.5) is 0 Å². The standard InChI is InChI=1S/C14H30N2O2/c1-11(2)6-8-15-13(18)12(3)16-10-14(4,5)7-9-17/h11-12,16-17H,6-10H2,1-5H3,(H,15,18). The third-order valence-corrected chi connectivity index (χ3v) is 3.09. The van der Waals surface area contributed by atoms with Crippen molar-refractivity contribution < 1.29 is 9.90 Å². The van der Waals surface area contributed by atoms with Crippen LogP contribution in [0.1, 0.15) is 47.5 Å². The lowest BCUT2D eigenvalue weighted by Crippen LogP contribution is -2.45. The molecule has 0 saturated carbocycles. The Morgan fingerprint density at radius 3 is 2.39 bits per heavy atom. The Labute approximate surface area is 112 Å². The third-order valence-electron chi connectivity index (χ3n) is 3.09. The Morgan fingerprint density at radius 1 is 1.28 bits per heavy atom. The lowest BCUT2D eigenvalue weighted by Gasteiger charge is -2.26. The number of aliphatic hydroxyl groups excluding tert-OH is 1. The molecule has 3 N–H and O–H groups in total. The van der Waals surface area contributed by atoms with E-state index in [4.69, 9.17) is 5.11 Å². The maximum Gasteiger partial charge on any atom is 0.236 e. The second-order valence-corrected chi connectivity index (χ2v) is 6.21. The molecule has 1 amide bonds. The predicted octanol–water partition coefficient (Wildman–Crippen LogP) is 1.54. The van der Waals surface area contributed by atoms with Crippen molar-refractivity contribution in [3.8, 4) is 0 Å². The van der Waals surface area contributed by atoms with Crippen molar-refractivity contribution in [1.29, 1.82) is 0 Å². The highest BCUT2D eigenvalue weighted by molar-refractivity contribution is 5.81. The van der Waals surface area contributed by atoms with Crippen LogP contribution >= 0.6 is 0 Å². The molecular weight excluding hydrogens is 228 g/mol. The fourth-order valence-corrected chi connectivity index (χ4v) is 1.55. The van der Waals surface area contributed by atoms with E-state index in [1.807, 2.05) is 6.92 Å². The van der Waals surface area contributed by atoms with Crippen molar-refractivity contribution in [2.75, 3.05) is 19.7 Å². The fourth-order valence-electron chi connectivity index (χ4n) is 1.55. The molecular formula is C14H30N2O2. The van der Waals surface area contributed by atoms with Crippen LogP contribution in [0.15, 0.2) is 0 Å². The summed E-state index contributed by atoms with van der Waals surface area (Å²) in [7, 11) is 0. The van der Waals surface area contributed by atoms with Crippen molar-refractivity contribution in [2.45, 2.75) is 53.5 Å². The second kappa shape index (κ2) is 8.48. The monoisotopic (exact) mass is 258 g/mol. The average Bonchev–Trinajstić information content (AvgIpc) is 2.25. The van der Waals surface area contributed by atoms with Crippen LogP contribution in [0.3, 0.4) is 0 Å². The molecule has 4 heteroatoms. The summed E-state index contributed by atoms with van der Waals surface area (Å²) in [6.07, 6.45) is 1.75. The lowest BCUT2D eigenvalue weighted by molar-refractivity contribution is -0.122. The van der Waals surface area contributed by atoms with Gasteiger partial charge < -0.3 is 15.7 Å². The van der Waals surface area contributed by atoms with Crippen molar-refractivity contribution in [2.24, 2.45) is 11.3 Å². The van der Waals surface area contributed by atoms with Crippen molar-refractivity contribution in [3.05, 3.63) is 0 Å². The Hall–Kier alpha value is -0.610. The summed E-state index contributed by atoms with van der Waals surface area (Å²) in [5.41, 5.74) is 0.0151. The zero-order valence-corrected chi connectivity index (χ0v) is 12.5. The number of hydrogen-bond acceptors (Lipinski definition) is 3. The number of hydrogen-bond donors (Lipinski definition) is 3. The molecule has 18 heavy (non-hydrogen) atoms. The number of rotatable bonds is 9. The molecule has 0 heterocycles. The summed E-state index contributed by atoms with van der Waals surface area (Å²) in [6, 6.07) is -0.185. The molecule has 0 aliphatic heterocycles. The quantitative estimate of drug-likeness (QED) is 0.588. The second-order valence-electron chi connectivity index (χ2n) is 6.21. The van der Waals surface area contributed by atoms with E-state index < -0.39 is 0 Å². The summed E-state index contributed by atoms with van der Waals surface area (Å²) in [5.74, 6) is 0.660. The Kier molecular flexibility index (Phi) is 8.20. The zero-order valence-electron chi connectivity index (χ0n) is 12.5. The highest BCUT2D eigenvalue weighted by Gasteiger charge is 2.20. The first-order chi connectivity index (χ1) is 8.28. The molecule has 1 unspecified atom stereocenters. The van der Waals surface area contributed by atoms with E-state index in [0.717, 1.165) is 25.9 Å². The van der Waals surface area contributed by atoms with Crippen LogP contribution in [-0.4, -0.2) is 36.8 Å². The van der Waals surface area contributed by atoms with Gasteiger partial charge in [-0.25, -0.2) is 0 Å². The van der Waals surface area contributed by atoms with Gasteiger partial charge in [-0.2, -0.15) is 0 Å². The maximum atomic E-state index is 11.8. The first-order valence-corrected chi connectivity index (χ1v) is 6.90. The first-order valence-electron chi connectivity index (χ1n) is 6.90. The van der Waals surface area contributed by atoms with E-state index in [-0.39, 0.29) is 24.0 Å². The molecule has 0 fully saturated rings. The van der Waals surface area contributed by atoms with E-state index in [0.29, 0.717) is 5.92 Å². The number of amides is 1. The molecule has 0 rings (SSSR count). The van der Waals surface area contributed by atoms with Gasteiger partial charge in [0.15, 0.2) is 0 Å². The summed E-state index contributed by atoms with van der Waals surface area (Å²) in [4.78, 5) is 11.8. The van der Waals surface area contributed by atoms with Gasteiger partial charge in [-0.05, 0) is 31.1 Å². The largest absolute Gasteiger partial charge is 0.396 e. The smallest absolute Gasteiger partial charge is 0.236 e. The maximum absolute atomic E-state index is 11.8. The molecule has 4 nitrogen and oxygen atoms in total. The molecule has 1 atom stereocenters. The molecule has 0 aromatic carbocycles. The summed E-state index contributed by atoms with van der Waals surface area (Å²) in [5, 5.41) is 15.1. The van der Waals surface area contributed by atoms with Crippen molar-refractivity contribution in [1.82, 2.24) is 10.6 Å². The fraction of sp³-hybridized carbons (Fsp3) is 0.929. The highest BCUT2D eigenvalue weighted by atomic mass is 16.3. The summed E-state index contributed by atoms with van der Waals surface area (Å²) < 4.78 is 0. The number of aliphatic hydroxyl groups is 1. The van der Waals surface area contributed by atoms with Gasteiger partial charge in [0.1, 0.15) is 0 Å². The van der Waals surface area contributed by atoms with Gasteiger partial charge >= 0.3 is 0 Å². The van der Waals surface area contributed by atoms with Crippen LogP contribution in [0.2, 0.25) is 0 Å². The lowest BCUT2D eigenvalue weighted by atomic mass is 9.89. The molecule has 0 aromatic heterocycles. The normalized spacial score (nSPS) is 13.7. The van der Waals surface area contributed by atoms with E-state index >= 15 is 0 Å². The van der Waals surface area contributed by atoms with Crippen molar-refractivity contribution >= 4 is 5.91 Å². The zero-order chi connectivity index (χ0) is 14.2. The van der Waals surface area contributed by atoms with E-state index in [1.165, 1.54) is 0 Å². The molecule has 0 aliphatic rings. The van der Waals surface area contributed by atoms with Gasteiger partial charge in [-0.3, -0.25) is 4.79 Å². The Bertz CT molecular complexity index is 240. The highest BCUT2D eigenvalue weighted by Crippen LogP contribution is 2.18.